The van der Waals surface area contributed by atoms with E-state index in [9.17, 15) is 9.59 Å². The van der Waals surface area contributed by atoms with Crippen molar-refractivity contribution in [1.29, 1.82) is 0 Å². The second-order valence-corrected chi connectivity index (χ2v) is 7.13. The minimum absolute atomic E-state index is 0.260. The van der Waals surface area contributed by atoms with Gasteiger partial charge >= 0.3 is 6.09 Å². The summed E-state index contributed by atoms with van der Waals surface area (Å²) in [4.78, 5) is 25.2. The van der Waals surface area contributed by atoms with E-state index in [0.29, 0.717) is 25.4 Å². The molecule has 0 saturated carbocycles. The van der Waals surface area contributed by atoms with Crippen LogP contribution in [-0.2, 0) is 9.53 Å². The summed E-state index contributed by atoms with van der Waals surface area (Å²) in [5.41, 5.74) is -0.740. The average molecular weight is 255 g/mol. The van der Waals surface area contributed by atoms with E-state index in [1.54, 1.807) is 4.90 Å². The molecule has 1 rings (SSSR count). The quantitative estimate of drug-likeness (QED) is 0.762. The van der Waals surface area contributed by atoms with Gasteiger partial charge in [0.15, 0.2) is 0 Å². The second kappa shape index (κ2) is 4.90. The van der Waals surface area contributed by atoms with E-state index in [0.717, 1.165) is 0 Å². The fraction of sp³-hybridized carbons (Fsp3) is 0.857. The van der Waals surface area contributed by atoms with E-state index in [2.05, 4.69) is 0 Å². The topological polar surface area (TPSA) is 46.6 Å². The van der Waals surface area contributed by atoms with Crippen molar-refractivity contribution in [1.82, 2.24) is 4.90 Å². The molecule has 1 aliphatic rings. The molecule has 4 heteroatoms. The van der Waals surface area contributed by atoms with E-state index in [-0.39, 0.29) is 17.3 Å². The molecule has 1 heterocycles. The molecular weight excluding hydrogens is 230 g/mol. The van der Waals surface area contributed by atoms with Crippen molar-refractivity contribution in [2.45, 2.75) is 53.6 Å². The average Bonchev–Trinajstić information content (AvgIpc) is 2.04. The smallest absolute Gasteiger partial charge is 0.410 e. The minimum atomic E-state index is -0.455. The molecule has 0 bridgehead atoms. The number of likely N-dealkylation sites (tertiary alicyclic amines) is 1. The molecule has 0 atom stereocenters. The Bertz CT molecular complexity index is 330. The van der Waals surface area contributed by atoms with Crippen LogP contribution in [0.3, 0.4) is 0 Å². The van der Waals surface area contributed by atoms with Gasteiger partial charge in [0, 0.05) is 30.8 Å². The third-order valence-corrected chi connectivity index (χ3v) is 2.92. The van der Waals surface area contributed by atoms with Crippen LogP contribution in [0.1, 0.15) is 48.0 Å². The molecule has 1 fully saturated rings. The molecular formula is C14H25NO3. The van der Waals surface area contributed by atoms with Crippen molar-refractivity contribution in [3.05, 3.63) is 0 Å². The number of hydrogen-bond donors (Lipinski definition) is 0. The van der Waals surface area contributed by atoms with Crippen molar-refractivity contribution >= 4 is 11.9 Å². The normalized spacial score (nSPS) is 17.3. The molecule has 1 saturated heterocycles. The van der Waals surface area contributed by atoms with Gasteiger partial charge in [-0.3, -0.25) is 4.79 Å². The first-order chi connectivity index (χ1) is 7.99. The van der Waals surface area contributed by atoms with Gasteiger partial charge in [-0.1, -0.05) is 20.8 Å². The van der Waals surface area contributed by atoms with Gasteiger partial charge in [-0.15, -0.1) is 0 Å². The Balaban J connectivity index is 2.33. The van der Waals surface area contributed by atoms with Gasteiger partial charge in [0.1, 0.15) is 11.4 Å². The Hall–Kier alpha value is -1.06. The van der Waals surface area contributed by atoms with Gasteiger partial charge in [-0.2, -0.15) is 0 Å². The van der Waals surface area contributed by atoms with Gasteiger partial charge in [0.25, 0.3) is 0 Å². The highest BCUT2D eigenvalue weighted by atomic mass is 16.6. The number of hydrogen-bond acceptors (Lipinski definition) is 3. The van der Waals surface area contributed by atoms with Gasteiger partial charge < -0.3 is 9.64 Å². The fourth-order valence-electron chi connectivity index (χ4n) is 1.74. The minimum Gasteiger partial charge on any atom is -0.444 e. The number of ether oxygens (including phenoxy) is 1. The summed E-state index contributed by atoms with van der Waals surface area (Å²) >= 11 is 0. The van der Waals surface area contributed by atoms with Crippen molar-refractivity contribution in [3.63, 3.8) is 0 Å². The molecule has 0 N–H and O–H groups in total. The lowest BCUT2D eigenvalue weighted by Gasteiger charge is -2.40. The molecule has 0 aromatic carbocycles. The maximum Gasteiger partial charge on any atom is 0.410 e. The first-order valence-corrected chi connectivity index (χ1v) is 6.50. The molecule has 1 amide bonds. The Kier molecular flexibility index (Phi) is 4.08. The summed E-state index contributed by atoms with van der Waals surface area (Å²) in [6, 6.07) is 0. The molecule has 104 valence electrons. The summed E-state index contributed by atoms with van der Waals surface area (Å²) in [7, 11) is 0. The first kappa shape index (κ1) is 15.0. The van der Waals surface area contributed by atoms with Crippen LogP contribution in [0.25, 0.3) is 0 Å². The predicted molar refractivity (Wildman–Crippen MR) is 70.4 cm³/mol. The van der Waals surface area contributed by atoms with Gasteiger partial charge in [0.2, 0.25) is 0 Å². The fourth-order valence-corrected chi connectivity index (χ4v) is 1.74. The summed E-state index contributed by atoms with van der Waals surface area (Å²) in [6.07, 6.45) is 0.282. The molecule has 18 heavy (non-hydrogen) atoms. The Morgan fingerprint density at radius 3 is 2.00 bits per heavy atom. The van der Waals surface area contributed by atoms with Gasteiger partial charge in [-0.05, 0) is 20.8 Å². The number of nitrogens with zero attached hydrogens (tertiary/aromatic N) is 1. The molecule has 0 aromatic heterocycles. The molecule has 0 aliphatic carbocycles. The summed E-state index contributed by atoms with van der Waals surface area (Å²) in [5.74, 6) is 0.556. The Morgan fingerprint density at radius 1 is 1.11 bits per heavy atom. The zero-order valence-corrected chi connectivity index (χ0v) is 12.4. The van der Waals surface area contributed by atoms with Gasteiger partial charge in [0.05, 0.1) is 0 Å². The third kappa shape index (κ3) is 4.31. The maximum atomic E-state index is 11.8. The van der Waals surface area contributed by atoms with Crippen LogP contribution < -0.4 is 0 Å². The summed E-state index contributed by atoms with van der Waals surface area (Å²) < 4.78 is 5.26. The van der Waals surface area contributed by atoms with E-state index < -0.39 is 5.60 Å². The molecule has 4 nitrogen and oxygen atoms in total. The highest BCUT2D eigenvalue weighted by Crippen LogP contribution is 2.26. The third-order valence-electron chi connectivity index (χ3n) is 2.92. The highest BCUT2D eigenvalue weighted by molar-refractivity contribution is 5.84. The summed E-state index contributed by atoms with van der Waals surface area (Å²) in [6.45, 7) is 12.6. The number of amides is 1. The van der Waals surface area contributed by atoms with Crippen LogP contribution in [0.5, 0.6) is 0 Å². The van der Waals surface area contributed by atoms with Crippen molar-refractivity contribution in [3.8, 4) is 0 Å². The Labute approximate surface area is 110 Å². The van der Waals surface area contributed by atoms with Crippen LogP contribution in [0, 0.1) is 11.3 Å². The lowest BCUT2D eigenvalue weighted by atomic mass is 9.83. The predicted octanol–water partition coefficient (Wildman–Crippen LogP) is 2.86. The molecule has 0 unspecified atom stereocenters. The van der Waals surface area contributed by atoms with Crippen molar-refractivity contribution in [2.24, 2.45) is 11.3 Å². The number of ketones is 1. The zero-order valence-electron chi connectivity index (χ0n) is 12.4. The molecule has 0 spiro atoms. The van der Waals surface area contributed by atoms with Gasteiger partial charge in [-0.25, -0.2) is 4.79 Å². The van der Waals surface area contributed by atoms with E-state index in [1.807, 2.05) is 41.5 Å². The van der Waals surface area contributed by atoms with Crippen LogP contribution in [0.15, 0.2) is 0 Å². The number of rotatable bonds is 2. The summed E-state index contributed by atoms with van der Waals surface area (Å²) in [5, 5.41) is 0. The lowest BCUT2D eigenvalue weighted by Crippen LogP contribution is -2.52. The number of Topliss-reactive ketones (excluding diaryl/α,β-unsaturated/α-hetero) is 1. The first-order valence-electron chi connectivity index (χ1n) is 6.50. The number of carbonyl (C=O) groups is 2. The van der Waals surface area contributed by atoms with Crippen molar-refractivity contribution in [2.75, 3.05) is 13.1 Å². The standard InChI is InChI=1S/C14H25NO3/c1-13(2,3)11(16)7-10-8-15(9-10)12(17)18-14(4,5)6/h10H,7-9H2,1-6H3. The van der Waals surface area contributed by atoms with Crippen LogP contribution >= 0.6 is 0 Å². The van der Waals surface area contributed by atoms with Crippen LogP contribution in [0.2, 0.25) is 0 Å². The monoisotopic (exact) mass is 255 g/mol. The molecule has 0 aromatic rings. The molecule has 0 radical (unpaired) electrons. The van der Waals surface area contributed by atoms with Crippen LogP contribution in [-0.4, -0.2) is 35.5 Å². The molecule has 1 aliphatic heterocycles. The number of carbonyl (C=O) groups excluding carboxylic acids is 2. The SMILES string of the molecule is CC(C)(C)OC(=O)N1CC(CC(=O)C(C)(C)C)C1. The van der Waals surface area contributed by atoms with E-state index in [4.69, 9.17) is 4.74 Å². The largest absolute Gasteiger partial charge is 0.444 e. The van der Waals surface area contributed by atoms with Crippen LogP contribution in [0.4, 0.5) is 4.79 Å². The van der Waals surface area contributed by atoms with Crippen molar-refractivity contribution < 1.29 is 14.3 Å². The van der Waals surface area contributed by atoms with E-state index >= 15 is 0 Å². The maximum absolute atomic E-state index is 11.8. The zero-order chi connectivity index (χ0) is 14.1. The Morgan fingerprint density at radius 2 is 1.61 bits per heavy atom. The van der Waals surface area contributed by atoms with E-state index in [1.165, 1.54) is 0 Å². The lowest BCUT2D eigenvalue weighted by molar-refractivity contribution is -0.128. The highest BCUT2D eigenvalue weighted by Gasteiger charge is 2.36. The second-order valence-electron chi connectivity index (χ2n) is 7.13.